The van der Waals surface area contributed by atoms with Crippen LogP contribution in [-0.2, 0) is 4.79 Å². The number of hydrogen-bond donors (Lipinski definition) is 1. The van der Waals surface area contributed by atoms with Gasteiger partial charge in [-0.1, -0.05) is 33.6 Å². The molecule has 1 heterocycles. The second-order valence-electron chi connectivity index (χ2n) is 5.83. The maximum Gasteiger partial charge on any atom is 0.222 e. The van der Waals surface area contributed by atoms with E-state index in [1.807, 2.05) is 13.8 Å². The molecule has 100 valence electrons. The molecular formula is C14H28N2O. The predicted octanol–water partition coefficient (Wildman–Crippen LogP) is 2.27. The molecular weight excluding hydrogens is 212 g/mol. The molecule has 0 spiro atoms. The molecule has 1 saturated heterocycles. The number of nitrogens with zero attached hydrogens (tertiary/aromatic N) is 1. The van der Waals surface area contributed by atoms with E-state index in [9.17, 15) is 4.79 Å². The highest BCUT2D eigenvalue weighted by Crippen LogP contribution is 2.21. The van der Waals surface area contributed by atoms with Gasteiger partial charge in [-0.15, -0.1) is 0 Å². The minimum absolute atomic E-state index is 0.0938. The average molecular weight is 240 g/mol. The van der Waals surface area contributed by atoms with Crippen LogP contribution in [0.3, 0.4) is 0 Å². The van der Waals surface area contributed by atoms with Crippen LogP contribution in [0.4, 0.5) is 0 Å². The van der Waals surface area contributed by atoms with E-state index < -0.39 is 0 Å². The van der Waals surface area contributed by atoms with E-state index in [1.165, 1.54) is 25.8 Å². The van der Waals surface area contributed by atoms with Gasteiger partial charge in [-0.2, -0.15) is 0 Å². The number of likely N-dealkylation sites (N-methyl/N-ethyl adjacent to an activating group) is 1. The van der Waals surface area contributed by atoms with Gasteiger partial charge in [0.05, 0.1) is 0 Å². The Labute approximate surface area is 106 Å². The number of carbonyl (C=O) groups is 1. The van der Waals surface area contributed by atoms with Crippen LogP contribution in [-0.4, -0.2) is 37.0 Å². The van der Waals surface area contributed by atoms with Crippen molar-refractivity contribution >= 4 is 5.91 Å². The quantitative estimate of drug-likeness (QED) is 0.799. The molecule has 3 heteroatoms. The third-order valence-corrected chi connectivity index (χ3v) is 3.56. The Morgan fingerprint density at radius 2 is 2.12 bits per heavy atom. The molecule has 3 nitrogen and oxygen atoms in total. The summed E-state index contributed by atoms with van der Waals surface area (Å²) in [6.07, 6.45) is 5.03. The fourth-order valence-corrected chi connectivity index (χ4v) is 2.62. The highest BCUT2D eigenvalue weighted by Gasteiger charge is 2.26. The fourth-order valence-electron chi connectivity index (χ4n) is 2.62. The van der Waals surface area contributed by atoms with Gasteiger partial charge in [-0.25, -0.2) is 0 Å². The van der Waals surface area contributed by atoms with Crippen LogP contribution in [0.5, 0.6) is 0 Å². The Morgan fingerprint density at radius 1 is 1.41 bits per heavy atom. The average Bonchev–Trinajstić information content (AvgIpc) is 2.25. The molecule has 0 aromatic heterocycles. The standard InChI is InChI=1S/C14H28N2O/c1-5-6-7-12-8-13(10-16(4)9-12)15-14(17)11(2)3/h11-13H,5-10H2,1-4H3,(H,15,17). The summed E-state index contributed by atoms with van der Waals surface area (Å²) in [5.41, 5.74) is 0. The molecule has 1 N–H and O–H groups in total. The van der Waals surface area contributed by atoms with Crippen LogP contribution >= 0.6 is 0 Å². The van der Waals surface area contributed by atoms with Gasteiger partial charge < -0.3 is 10.2 Å². The van der Waals surface area contributed by atoms with Gasteiger partial charge in [0.15, 0.2) is 0 Å². The molecule has 0 aromatic rings. The third-order valence-electron chi connectivity index (χ3n) is 3.56. The van der Waals surface area contributed by atoms with E-state index in [2.05, 4.69) is 24.2 Å². The van der Waals surface area contributed by atoms with Gasteiger partial charge in [-0.05, 0) is 25.8 Å². The van der Waals surface area contributed by atoms with Crippen LogP contribution in [0.1, 0.15) is 46.5 Å². The Hall–Kier alpha value is -0.570. The fraction of sp³-hybridized carbons (Fsp3) is 0.929. The SMILES string of the molecule is CCCCC1CC(NC(=O)C(C)C)CN(C)C1. The molecule has 1 amide bonds. The van der Waals surface area contributed by atoms with Crippen molar-refractivity contribution in [2.24, 2.45) is 11.8 Å². The van der Waals surface area contributed by atoms with E-state index in [4.69, 9.17) is 0 Å². The van der Waals surface area contributed by atoms with E-state index in [1.54, 1.807) is 0 Å². The molecule has 17 heavy (non-hydrogen) atoms. The maximum absolute atomic E-state index is 11.7. The summed E-state index contributed by atoms with van der Waals surface area (Å²) in [4.78, 5) is 14.1. The van der Waals surface area contributed by atoms with Gasteiger partial charge in [0, 0.05) is 25.0 Å². The van der Waals surface area contributed by atoms with Crippen LogP contribution < -0.4 is 5.32 Å². The summed E-state index contributed by atoms with van der Waals surface area (Å²) in [5, 5.41) is 3.17. The summed E-state index contributed by atoms with van der Waals surface area (Å²) in [5.74, 6) is 1.04. The molecule has 0 radical (unpaired) electrons. The van der Waals surface area contributed by atoms with Crippen molar-refractivity contribution in [2.45, 2.75) is 52.5 Å². The highest BCUT2D eigenvalue weighted by atomic mass is 16.1. The van der Waals surface area contributed by atoms with Crippen LogP contribution in [0.15, 0.2) is 0 Å². The van der Waals surface area contributed by atoms with Gasteiger partial charge in [0.2, 0.25) is 5.91 Å². The minimum Gasteiger partial charge on any atom is -0.352 e. The third kappa shape index (κ3) is 5.07. The Bertz CT molecular complexity index is 240. The summed E-state index contributed by atoms with van der Waals surface area (Å²) in [6.45, 7) is 8.34. The van der Waals surface area contributed by atoms with E-state index >= 15 is 0 Å². The van der Waals surface area contributed by atoms with E-state index in [0.29, 0.717) is 6.04 Å². The van der Waals surface area contributed by atoms with Crippen molar-refractivity contribution in [1.82, 2.24) is 10.2 Å². The van der Waals surface area contributed by atoms with Crippen molar-refractivity contribution in [3.63, 3.8) is 0 Å². The number of hydrogen-bond acceptors (Lipinski definition) is 2. The molecule has 0 aliphatic carbocycles. The normalized spacial score (nSPS) is 26.2. The second-order valence-corrected chi connectivity index (χ2v) is 5.83. The van der Waals surface area contributed by atoms with Crippen molar-refractivity contribution in [3.05, 3.63) is 0 Å². The number of piperidine rings is 1. The van der Waals surface area contributed by atoms with Crippen LogP contribution in [0, 0.1) is 11.8 Å². The van der Waals surface area contributed by atoms with Crippen molar-refractivity contribution < 1.29 is 4.79 Å². The maximum atomic E-state index is 11.7. The minimum atomic E-state index is 0.0938. The molecule has 1 fully saturated rings. The van der Waals surface area contributed by atoms with Gasteiger partial charge >= 0.3 is 0 Å². The smallest absolute Gasteiger partial charge is 0.222 e. The number of amides is 1. The van der Waals surface area contributed by atoms with Crippen molar-refractivity contribution in [2.75, 3.05) is 20.1 Å². The summed E-state index contributed by atoms with van der Waals surface area (Å²) in [6, 6.07) is 0.352. The van der Waals surface area contributed by atoms with Gasteiger partial charge in [-0.3, -0.25) is 4.79 Å². The molecule has 2 unspecified atom stereocenters. The topological polar surface area (TPSA) is 32.3 Å². The molecule has 1 aliphatic rings. The number of rotatable bonds is 5. The summed E-state index contributed by atoms with van der Waals surface area (Å²) in [7, 11) is 2.16. The molecule has 1 aliphatic heterocycles. The van der Waals surface area contributed by atoms with Gasteiger partial charge in [0.25, 0.3) is 0 Å². The first kappa shape index (κ1) is 14.5. The Morgan fingerprint density at radius 3 is 2.71 bits per heavy atom. The monoisotopic (exact) mass is 240 g/mol. The first-order valence-corrected chi connectivity index (χ1v) is 7.01. The highest BCUT2D eigenvalue weighted by molar-refractivity contribution is 5.78. The zero-order valence-electron chi connectivity index (χ0n) is 11.8. The van der Waals surface area contributed by atoms with E-state index in [0.717, 1.165) is 18.9 Å². The number of likely N-dealkylation sites (tertiary alicyclic amines) is 1. The molecule has 2 atom stereocenters. The lowest BCUT2D eigenvalue weighted by atomic mass is 9.90. The number of nitrogens with one attached hydrogen (secondary N) is 1. The largest absolute Gasteiger partial charge is 0.352 e. The Balaban J connectivity index is 2.41. The lowest BCUT2D eigenvalue weighted by Crippen LogP contribution is -2.50. The summed E-state index contributed by atoms with van der Waals surface area (Å²) >= 11 is 0. The lowest BCUT2D eigenvalue weighted by Gasteiger charge is -2.36. The number of carbonyl (C=O) groups excluding carboxylic acids is 1. The zero-order chi connectivity index (χ0) is 12.8. The van der Waals surface area contributed by atoms with Crippen LogP contribution in [0.25, 0.3) is 0 Å². The first-order chi connectivity index (χ1) is 8.02. The first-order valence-electron chi connectivity index (χ1n) is 7.01. The number of unbranched alkanes of at least 4 members (excludes halogenated alkanes) is 1. The zero-order valence-corrected chi connectivity index (χ0v) is 11.8. The van der Waals surface area contributed by atoms with Gasteiger partial charge in [0.1, 0.15) is 0 Å². The Kier molecular flexibility index (Phi) is 5.96. The summed E-state index contributed by atoms with van der Waals surface area (Å²) < 4.78 is 0. The molecule has 0 bridgehead atoms. The lowest BCUT2D eigenvalue weighted by molar-refractivity contribution is -0.125. The van der Waals surface area contributed by atoms with Crippen LogP contribution in [0.2, 0.25) is 0 Å². The van der Waals surface area contributed by atoms with E-state index in [-0.39, 0.29) is 11.8 Å². The van der Waals surface area contributed by atoms with Crippen molar-refractivity contribution in [3.8, 4) is 0 Å². The second kappa shape index (κ2) is 7.00. The van der Waals surface area contributed by atoms with Crippen molar-refractivity contribution in [1.29, 1.82) is 0 Å². The molecule has 0 saturated carbocycles. The molecule has 1 rings (SSSR count). The molecule has 0 aromatic carbocycles. The predicted molar refractivity (Wildman–Crippen MR) is 71.9 cm³/mol.